The van der Waals surface area contributed by atoms with Gasteiger partial charge in [-0.25, -0.2) is 4.79 Å². The first kappa shape index (κ1) is 15.1. The van der Waals surface area contributed by atoms with Gasteiger partial charge in [0.1, 0.15) is 5.75 Å². The summed E-state index contributed by atoms with van der Waals surface area (Å²) in [5, 5.41) is 18.2. The lowest BCUT2D eigenvalue weighted by atomic mass is 10.0. The molecule has 0 saturated heterocycles. The third-order valence-electron chi connectivity index (χ3n) is 3.30. The van der Waals surface area contributed by atoms with Crippen molar-refractivity contribution in [3.8, 4) is 5.75 Å². The van der Waals surface area contributed by atoms with E-state index in [1.165, 1.54) is 4.90 Å². The zero-order valence-corrected chi connectivity index (χ0v) is 12.4. The molecule has 0 bridgehead atoms. The Bertz CT molecular complexity index is 626. The fraction of sp³-hybridized carbons (Fsp3) is 0.312. The Morgan fingerprint density at radius 1 is 1.14 bits per heavy atom. The molecular formula is C16H21N3O2. The minimum atomic E-state index is -0.107. The van der Waals surface area contributed by atoms with E-state index >= 15 is 0 Å². The SMILES string of the molecule is CN(C)C(=O)NCCNCc1c(O)ccc2ccccc12. The smallest absolute Gasteiger partial charge is 0.316 e. The number of benzene rings is 2. The standard InChI is InChI=1S/C16H21N3O2/c1-19(2)16(21)18-10-9-17-11-14-13-6-4-3-5-12(13)7-8-15(14)20/h3-8,17,20H,9-11H2,1-2H3,(H,18,21). The summed E-state index contributed by atoms with van der Waals surface area (Å²) in [6.45, 7) is 1.75. The van der Waals surface area contributed by atoms with Crippen LogP contribution in [0.25, 0.3) is 10.8 Å². The molecule has 0 heterocycles. The van der Waals surface area contributed by atoms with E-state index in [1.807, 2.05) is 30.3 Å². The monoisotopic (exact) mass is 287 g/mol. The van der Waals surface area contributed by atoms with Gasteiger partial charge in [0.2, 0.25) is 0 Å². The van der Waals surface area contributed by atoms with Gasteiger partial charge in [0.15, 0.2) is 0 Å². The van der Waals surface area contributed by atoms with Crippen LogP contribution in [-0.4, -0.2) is 43.2 Å². The molecule has 0 atom stereocenters. The van der Waals surface area contributed by atoms with E-state index in [0.717, 1.165) is 16.3 Å². The van der Waals surface area contributed by atoms with Gasteiger partial charge in [-0.3, -0.25) is 0 Å². The maximum absolute atomic E-state index is 11.4. The minimum absolute atomic E-state index is 0.107. The number of hydrogen-bond donors (Lipinski definition) is 3. The molecular weight excluding hydrogens is 266 g/mol. The van der Waals surface area contributed by atoms with E-state index in [2.05, 4.69) is 10.6 Å². The number of phenols is 1. The van der Waals surface area contributed by atoms with Crippen molar-refractivity contribution >= 4 is 16.8 Å². The molecule has 0 unspecified atom stereocenters. The number of aromatic hydroxyl groups is 1. The lowest BCUT2D eigenvalue weighted by Crippen LogP contribution is -2.38. The summed E-state index contributed by atoms with van der Waals surface area (Å²) in [5.41, 5.74) is 0.882. The highest BCUT2D eigenvalue weighted by Crippen LogP contribution is 2.26. The zero-order valence-electron chi connectivity index (χ0n) is 12.4. The molecule has 0 aliphatic heterocycles. The second-order valence-electron chi connectivity index (χ2n) is 5.09. The van der Waals surface area contributed by atoms with Crippen LogP contribution in [0.1, 0.15) is 5.56 Å². The predicted molar refractivity (Wildman–Crippen MR) is 84.4 cm³/mol. The van der Waals surface area contributed by atoms with Crippen LogP contribution in [-0.2, 0) is 6.54 Å². The molecule has 0 saturated carbocycles. The van der Waals surface area contributed by atoms with Gasteiger partial charge in [0, 0.05) is 39.3 Å². The summed E-state index contributed by atoms with van der Waals surface area (Å²) in [7, 11) is 3.41. The highest BCUT2D eigenvalue weighted by Gasteiger charge is 2.06. The summed E-state index contributed by atoms with van der Waals surface area (Å²) in [5.74, 6) is 0.290. The summed E-state index contributed by atoms with van der Waals surface area (Å²) in [6.07, 6.45) is 0. The third kappa shape index (κ3) is 3.86. The van der Waals surface area contributed by atoms with Crippen molar-refractivity contribution in [2.45, 2.75) is 6.54 Å². The van der Waals surface area contributed by atoms with Crippen LogP contribution < -0.4 is 10.6 Å². The fourth-order valence-corrected chi connectivity index (χ4v) is 2.14. The zero-order chi connectivity index (χ0) is 15.2. The van der Waals surface area contributed by atoms with Gasteiger partial charge in [0.05, 0.1) is 0 Å². The van der Waals surface area contributed by atoms with Crippen molar-refractivity contribution in [3.63, 3.8) is 0 Å². The molecule has 0 spiro atoms. The maximum atomic E-state index is 11.4. The topological polar surface area (TPSA) is 64.6 Å². The Labute approximate surface area is 124 Å². The fourth-order valence-electron chi connectivity index (χ4n) is 2.14. The molecule has 0 aliphatic rings. The largest absolute Gasteiger partial charge is 0.508 e. The number of nitrogens with zero attached hydrogens (tertiary/aromatic N) is 1. The van der Waals surface area contributed by atoms with Crippen molar-refractivity contribution < 1.29 is 9.90 Å². The number of carbonyl (C=O) groups excluding carboxylic acids is 1. The quantitative estimate of drug-likeness (QED) is 0.736. The van der Waals surface area contributed by atoms with Gasteiger partial charge in [-0.2, -0.15) is 0 Å². The summed E-state index contributed by atoms with van der Waals surface area (Å²) in [6, 6.07) is 11.5. The molecule has 0 radical (unpaired) electrons. The Morgan fingerprint density at radius 2 is 1.90 bits per heavy atom. The first-order chi connectivity index (χ1) is 10.1. The highest BCUT2D eigenvalue weighted by atomic mass is 16.3. The maximum Gasteiger partial charge on any atom is 0.316 e. The van der Waals surface area contributed by atoms with Crippen molar-refractivity contribution in [1.82, 2.24) is 15.5 Å². The number of nitrogens with one attached hydrogen (secondary N) is 2. The molecule has 0 aliphatic carbocycles. The van der Waals surface area contributed by atoms with Crippen LogP contribution in [0.3, 0.4) is 0 Å². The molecule has 112 valence electrons. The van der Waals surface area contributed by atoms with E-state index in [-0.39, 0.29) is 6.03 Å². The van der Waals surface area contributed by atoms with Crippen LogP contribution in [0.5, 0.6) is 5.75 Å². The Hall–Kier alpha value is -2.27. The molecule has 5 nitrogen and oxygen atoms in total. The van der Waals surface area contributed by atoms with Crippen LogP contribution in [0, 0.1) is 0 Å². The molecule has 2 aromatic carbocycles. The number of fused-ring (bicyclic) bond motifs is 1. The van der Waals surface area contributed by atoms with Gasteiger partial charge in [-0.15, -0.1) is 0 Å². The summed E-state index contributed by atoms with van der Waals surface area (Å²) >= 11 is 0. The Balaban J connectivity index is 1.92. The average Bonchev–Trinajstić information content (AvgIpc) is 2.48. The second kappa shape index (κ2) is 6.95. The number of hydrogen-bond acceptors (Lipinski definition) is 3. The molecule has 0 aromatic heterocycles. The van der Waals surface area contributed by atoms with Crippen LogP contribution >= 0.6 is 0 Å². The van der Waals surface area contributed by atoms with Crippen LogP contribution in [0.2, 0.25) is 0 Å². The number of phenolic OH excluding ortho intramolecular Hbond substituents is 1. The van der Waals surface area contributed by atoms with Gasteiger partial charge < -0.3 is 20.6 Å². The average molecular weight is 287 g/mol. The molecule has 21 heavy (non-hydrogen) atoms. The van der Waals surface area contributed by atoms with Gasteiger partial charge in [-0.1, -0.05) is 30.3 Å². The van der Waals surface area contributed by atoms with Crippen molar-refractivity contribution in [1.29, 1.82) is 0 Å². The van der Waals surface area contributed by atoms with E-state index in [1.54, 1.807) is 20.2 Å². The normalized spacial score (nSPS) is 10.6. The Kier molecular flexibility index (Phi) is 5.00. The van der Waals surface area contributed by atoms with E-state index in [9.17, 15) is 9.90 Å². The number of rotatable bonds is 5. The molecule has 5 heteroatoms. The minimum Gasteiger partial charge on any atom is -0.508 e. The van der Waals surface area contributed by atoms with Crippen LogP contribution in [0.4, 0.5) is 4.79 Å². The number of carbonyl (C=O) groups is 1. The number of urea groups is 1. The van der Waals surface area contributed by atoms with E-state index < -0.39 is 0 Å². The molecule has 3 N–H and O–H groups in total. The van der Waals surface area contributed by atoms with E-state index in [4.69, 9.17) is 0 Å². The van der Waals surface area contributed by atoms with Gasteiger partial charge in [-0.05, 0) is 16.8 Å². The third-order valence-corrected chi connectivity index (χ3v) is 3.30. The molecule has 2 aromatic rings. The Morgan fingerprint density at radius 3 is 2.67 bits per heavy atom. The van der Waals surface area contributed by atoms with Crippen molar-refractivity contribution in [2.24, 2.45) is 0 Å². The lowest BCUT2D eigenvalue weighted by Gasteiger charge is -2.13. The van der Waals surface area contributed by atoms with Crippen LogP contribution in [0.15, 0.2) is 36.4 Å². The van der Waals surface area contributed by atoms with Gasteiger partial charge >= 0.3 is 6.03 Å². The van der Waals surface area contributed by atoms with E-state index in [0.29, 0.717) is 25.4 Å². The van der Waals surface area contributed by atoms with Crippen molar-refractivity contribution in [3.05, 3.63) is 42.0 Å². The molecule has 2 amide bonds. The predicted octanol–water partition coefficient (Wildman–Crippen LogP) is 1.91. The lowest BCUT2D eigenvalue weighted by molar-refractivity contribution is 0.217. The molecule has 2 rings (SSSR count). The van der Waals surface area contributed by atoms with Crippen molar-refractivity contribution in [2.75, 3.05) is 27.2 Å². The highest BCUT2D eigenvalue weighted by molar-refractivity contribution is 5.87. The molecule has 0 fully saturated rings. The summed E-state index contributed by atoms with van der Waals surface area (Å²) in [4.78, 5) is 12.8. The second-order valence-corrected chi connectivity index (χ2v) is 5.09. The first-order valence-electron chi connectivity index (χ1n) is 6.95. The summed E-state index contributed by atoms with van der Waals surface area (Å²) < 4.78 is 0. The first-order valence-corrected chi connectivity index (χ1v) is 6.95. The number of amides is 2. The van der Waals surface area contributed by atoms with Gasteiger partial charge in [0.25, 0.3) is 0 Å².